The molecule has 0 radical (unpaired) electrons. The van der Waals surface area contributed by atoms with Crippen molar-refractivity contribution in [2.75, 3.05) is 6.54 Å². The molecule has 4 heteroatoms. The summed E-state index contributed by atoms with van der Waals surface area (Å²) < 4.78 is 0. The molecule has 0 bridgehead atoms. The molecule has 0 saturated heterocycles. The minimum absolute atomic E-state index is 0.0350. The molecule has 1 amide bonds. The second-order valence-corrected chi connectivity index (χ2v) is 3.49. The van der Waals surface area contributed by atoms with Crippen LogP contribution in [0.15, 0.2) is 0 Å². The quantitative estimate of drug-likeness (QED) is 0.487. The Morgan fingerprint density at radius 1 is 1.00 bits per heavy atom. The molecule has 0 spiro atoms. The molecule has 0 atom stereocenters. The molecule has 0 rings (SSSR count). The van der Waals surface area contributed by atoms with Crippen molar-refractivity contribution in [3.8, 4) is 0 Å². The third-order valence-electron chi connectivity index (χ3n) is 2.09. The van der Waals surface area contributed by atoms with Gasteiger partial charge in [0.1, 0.15) is 0 Å². The van der Waals surface area contributed by atoms with Crippen molar-refractivity contribution in [2.24, 2.45) is 0 Å². The average molecular weight is 213 g/mol. The molecule has 0 saturated carbocycles. The van der Waals surface area contributed by atoms with Gasteiger partial charge in [0, 0.05) is 26.3 Å². The summed E-state index contributed by atoms with van der Waals surface area (Å²) in [4.78, 5) is 32.5. The smallest absolute Gasteiger partial charge is 0.216 e. The molecule has 0 aliphatic carbocycles. The molecule has 0 aromatic carbocycles. The summed E-state index contributed by atoms with van der Waals surface area (Å²) in [5.74, 6) is -0.582. The zero-order chi connectivity index (χ0) is 11.7. The Morgan fingerprint density at radius 3 is 2.20 bits per heavy atom. The molecule has 15 heavy (non-hydrogen) atoms. The number of unbranched alkanes of at least 4 members (excludes halogenated alkanes) is 2. The van der Waals surface area contributed by atoms with Gasteiger partial charge in [-0.15, -0.1) is 0 Å². The van der Waals surface area contributed by atoms with E-state index in [-0.39, 0.29) is 17.5 Å². The fourth-order valence-corrected chi connectivity index (χ4v) is 1.19. The molecule has 0 unspecified atom stereocenters. The Kier molecular flexibility index (Phi) is 7.50. The van der Waals surface area contributed by atoms with Crippen LogP contribution in [0.4, 0.5) is 0 Å². The Hall–Kier alpha value is -1.19. The zero-order valence-corrected chi connectivity index (χ0v) is 9.47. The van der Waals surface area contributed by atoms with Crippen LogP contribution in [0.2, 0.25) is 0 Å². The molecule has 0 aromatic heterocycles. The summed E-state index contributed by atoms with van der Waals surface area (Å²) in [6, 6.07) is 0. The number of rotatable bonds is 8. The van der Waals surface area contributed by atoms with E-state index < -0.39 is 0 Å². The normalized spacial score (nSPS) is 9.73. The van der Waals surface area contributed by atoms with Gasteiger partial charge >= 0.3 is 0 Å². The maximum absolute atomic E-state index is 11.1. The van der Waals surface area contributed by atoms with Gasteiger partial charge in [0.25, 0.3) is 0 Å². The van der Waals surface area contributed by atoms with E-state index in [1.54, 1.807) is 6.92 Å². The van der Waals surface area contributed by atoms with E-state index in [9.17, 15) is 14.4 Å². The van der Waals surface area contributed by atoms with Gasteiger partial charge in [0.15, 0.2) is 11.6 Å². The lowest BCUT2D eigenvalue weighted by molar-refractivity contribution is -0.136. The number of amides is 1. The number of hydrogen-bond acceptors (Lipinski definition) is 3. The Balaban J connectivity index is 3.35. The van der Waals surface area contributed by atoms with Crippen LogP contribution < -0.4 is 5.32 Å². The van der Waals surface area contributed by atoms with Crippen LogP contribution in [-0.4, -0.2) is 24.0 Å². The molecule has 86 valence electrons. The second kappa shape index (κ2) is 8.15. The van der Waals surface area contributed by atoms with E-state index in [2.05, 4.69) is 5.32 Å². The van der Waals surface area contributed by atoms with E-state index in [1.807, 2.05) is 0 Å². The van der Waals surface area contributed by atoms with Gasteiger partial charge in [-0.25, -0.2) is 0 Å². The lowest BCUT2D eigenvalue weighted by Gasteiger charge is -2.01. The monoisotopic (exact) mass is 213 g/mol. The number of carbonyl (C=O) groups excluding carboxylic acids is 3. The third-order valence-corrected chi connectivity index (χ3v) is 2.09. The standard InChI is InChI=1S/C11H19NO3/c1-3-10(14)11(15)7-5-4-6-8-12-9(2)13/h3-8H2,1-2H3,(H,12,13). The lowest BCUT2D eigenvalue weighted by Crippen LogP contribution is -2.20. The van der Waals surface area contributed by atoms with E-state index >= 15 is 0 Å². The fourth-order valence-electron chi connectivity index (χ4n) is 1.19. The molecular weight excluding hydrogens is 194 g/mol. The topological polar surface area (TPSA) is 63.2 Å². The zero-order valence-electron chi connectivity index (χ0n) is 9.47. The third kappa shape index (κ3) is 7.85. The second-order valence-electron chi connectivity index (χ2n) is 3.49. The van der Waals surface area contributed by atoms with Gasteiger partial charge in [-0.3, -0.25) is 14.4 Å². The van der Waals surface area contributed by atoms with Crippen molar-refractivity contribution in [1.29, 1.82) is 0 Å². The molecule has 1 N–H and O–H groups in total. The van der Waals surface area contributed by atoms with Gasteiger partial charge in [-0.1, -0.05) is 13.3 Å². The SMILES string of the molecule is CCC(=O)C(=O)CCCCCNC(C)=O. The van der Waals surface area contributed by atoms with E-state index in [0.717, 1.165) is 19.3 Å². The summed E-state index contributed by atoms with van der Waals surface area (Å²) in [6.45, 7) is 3.81. The predicted molar refractivity (Wildman–Crippen MR) is 57.5 cm³/mol. The highest BCUT2D eigenvalue weighted by atomic mass is 16.2. The molecule has 4 nitrogen and oxygen atoms in total. The van der Waals surface area contributed by atoms with Gasteiger partial charge in [0.05, 0.1) is 0 Å². The summed E-state index contributed by atoms with van der Waals surface area (Å²) in [6.07, 6.45) is 3.08. The Bertz CT molecular complexity index is 236. The molecule has 0 heterocycles. The van der Waals surface area contributed by atoms with Crippen molar-refractivity contribution >= 4 is 17.5 Å². The van der Waals surface area contributed by atoms with Crippen LogP contribution in [0.1, 0.15) is 46.0 Å². The van der Waals surface area contributed by atoms with Gasteiger partial charge in [0.2, 0.25) is 5.91 Å². The highest BCUT2D eigenvalue weighted by Crippen LogP contribution is 2.01. The first kappa shape index (κ1) is 13.8. The van der Waals surface area contributed by atoms with Crippen LogP contribution in [0.3, 0.4) is 0 Å². The first-order valence-corrected chi connectivity index (χ1v) is 5.38. The maximum atomic E-state index is 11.1. The fraction of sp³-hybridized carbons (Fsp3) is 0.727. The minimum Gasteiger partial charge on any atom is -0.356 e. The van der Waals surface area contributed by atoms with Crippen molar-refractivity contribution in [1.82, 2.24) is 5.32 Å². The number of Topliss-reactive ketones (excluding diaryl/α,β-unsaturated/α-hetero) is 2. The van der Waals surface area contributed by atoms with Crippen molar-refractivity contribution < 1.29 is 14.4 Å². The molecule has 0 fully saturated rings. The van der Waals surface area contributed by atoms with Crippen molar-refractivity contribution in [2.45, 2.75) is 46.0 Å². The summed E-state index contributed by atoms with van der Waals surface area (Å²) in [5, 5.41) is 2.68. The molecular formula is C11H19NO3. The highest BCUT2D eigenvalue weighted by molar-refractivity contribution is 6.37. The first-order chi connectivity index (χ1) is 7.07. The summed E-state index contributed by atoms with van der Waals surface area (Å²) >= 11 is 0. The van der Waals surface area contributed by atoms with Gasteiger partial charge in [-0.2, -0.15) is 0 Å². The highest BCUT2D eigenvalue weighted by Gasteiger charge is 2.09. The predicted octanol–water partition coefficient (Wildman–Crippen LogP) is 1.23. The summed E-state index contributed by atoms with van der Waals surface area (Å²) in [7, 11) is 0. The van der Waals surface area contributed by atoms with Crippen LogP contribution in [0, 0.1) is 0 Å². The van der Waals surface area contributed by atoms with Crippen LogP contribution in [0.25, 0.3) is 0 Å². The maximum Gasteiger partial charge on any atom is 0.216 e. The lowest BCUT2D eigenvalue weighted by atomic mass is 10.1. The Labute approximate surface area is 90.4 Å². The molecule has 0 aromatic rings. The van der Waals surface area contributed by atoms with Crippen molar-refractivity contribution in [3.63, 3.8) is 0 Å². The largest absolute Gasteiger partial charge is 0.356 e. The van der Waals surface area contributed by atoms with Crippen LogP contribution >= 0.6 is 0 Å². The van der Waals surface area contributed by atoms with Crippen LogP contribution in [-0.2, 0) is 14.4 Å². The van der Waals surface area contributed by atoms with Crippen molar-refractivity contribution in [3.05, 3.63) is 0 Å². The molecule has 0 aliphatic heterocycles. The van der Waals surface area contributed by atoms with E-state index in [1.165, 1.54) is 6.92 Å². The number of carbonyl (C=O) groups is 3. The van der Waals surface area contributed by atoms with Gasteiger partial charge < -0.3 is 5.32 Å². The number of hydrogen-bond donors (Lipinski definition) is 1. The number of ketones is 2. The number of nitrogens with one attached hydrogen (secondary N) is 1. The Morgan fingerprint density at radius 2 is 1.67 bits per heavy atom. The van der Waals surface area contributed by atoms with Crippen LogP contribution in [0.5, 0.6) is 0 Å². The molecule has 0 aliphatic rings. The minimum atomic E-state index is -0.281. The first-order valence-electron chi connectivity index (χ1n) is 5.38. The average Bonchev–Trinajstić information content (AvgIpc) is 2.21. The van der Waals surface area contributed by atoms with E-state index in [0.29, 0.717) is 19.4 Å². The summed E-state index contributed by atoms with van der Waals surface area (Å²) in [5.41, 5.74) is 0. The van der Waals surface area contributed by atoms with E-state index in [4.69, 9.17) is 0 Å². The van der Waals surface area contributed by atoms with Gasteiger partial charge in [-0.05, 0) is 12.8 Å².